The molecule has 0 aliphatic carbocycles. The molecule has 0 spiro atoms. The third-order valence-corrected chi connectivity index (χ3v) is 5.53. The molecular formula is C24H21NO. The van der Waals surface area contributed by atoms with E-state index in [9.17, 15) is 0 Å². The SMILES string of the molecule is Cc1ccc(C2c3ccccc3OCC2c2c[nH]c3ccccc23)cc1. The van der Waals surface area contributed by atoms with Gasteiger partial charge in [-0.25, -0.2) is 0 Å². The Balaban J connectivity index is 1.70. The summed E-state index contributed by atoms with van der Waals surface area (Å²) < 4.78 is 6.17. The fourth-order valence-corrected chi connectivity index (χ4v) is 4.22. The average Bonchev–Trinajstić information content (AvgIpc) is 3.12. The van der Waals surface area contributed by atoms with E-state index in [1.54, 1.807) is 0 Å². The van der Waals surface area contributed by atoms with Crippen molar-refractivity contribution >= 4 is 10.9 Å². The highest BCUT2D eigenvalue weighted by atomic mass is 16.5. The highest BCUT2D eigenvalue weighted by Gasteiger charge is 2.34. The molecule has 2 unspecified atom stereocenters. The number of fused-ring (bicyclic) bond motifs is 2. The molecule has 4 aromatic rings. The number of benzene rings is 3. The van der Waals surface area contributed by atoms with Crippen LogP contribution in [0.4, 0.5) is 0 Å². The lowest BCUT2D eigenvalue weighted by Crippen LogP contribution is -2.25. The van der Waals surface area contributed by atoms with E-state index in [4.69, 9.17) is 4.74 Å². The van der Waals surface area contributed by atoms with E-state index in [2.05, 4.69) is 90.9 Å². The third kappa shape index (κ3) is 2.41. The maximum atomic E-state index is 6.17. The van der Waals surface area contributed by atoms with Crippen molar-refractivity contribution in [3.05, 3.63) is 101 Å². The molecule has 0 saturated heterocycles. The Labute approximate surface area is 153 Å². The molecule has 0 radical (unpaired) electrons. The van der Waals surface area contributed by atoms with Gasteiger partial charge in [0.15, 0.2) is 0 Å². The standard InChI is InChI=1S/C24H21NO/c1-16-10-12-17(13-11-16)24-19-7-3-5-9-23(19)26-15-21(24)20-14-25-22-8-4-2-6-18(20)22/h2-14,21,24-25H,15H2,1H3. The minimum atomic E-state index is 0.281. The van der Waals surface area contributed by atoms with Crippen molar-refractivity contribution in [3.63, 3.8) is 0 Å². The zero-order valence-electron chi connectivity index (χ0n) is 14.8. The summed E-state index contributed by atoms with van der Waals surface area (Å²) in [4.78, 5) is 3.44. The fourth-order valence-electron chi connectivity index (χ4n) is 4.22. The first-order valence-electron chi connectivity index (χ1n) is 9.15. The molecule has 0 amide bonds. The molecule has 3 aromatic carbocycles. The van der Waals surface area contributed by atoms with Crippen molar-refractivity contribution in [3.8, 4) is 5.75 Å². The molecule has 2 nitrogen and oxygen atoms in total. The van der Waals surface area contributed by atoms with Crippen LogP contribution in [-0.4, -0.2) is 11.6 Å². The first-order chi connectivity index (χ1) is 12.8. The number of rotatable bonds is 2. The summed E-state index contributed by atoms with van der Waals surface area (Å²) in [5, 5.41) is 1.29. The van der Waals surface area contributed by atoms with Crippen LogP contribution in [0.5, 0.6) is 5.75 Å². The maximum absolute atomic E-state index is 6.17. The topological polar surface area (TPSA) is 25.0 Å². The van der Waals surface area contributed by atoms with Crippen molar-refractivity contribution < 1.29 is 4.74 Å². The molecule has 0 bridgehead atoms. The second kappa shape index (κ2) is 6.06. The van der Waals surface area contributed by atoms with Gasteiger partial charge in [-0.1, -0.05) is 66.2 Å². The second-order valence-electron chi connectivity index (χ2n) is 7.13. The lowest BCUT2D eigenvalue weighted by Gasteiger charge is -2.34. The Morgan fingerprint density at radius 2 is 1.62 bits per heavy atom. The summed E-state index contributed by atoms with van der Waals surface area (Å²) in [7, 11) is 0. The van der Waals surface area contributed by atoms with Crippen molar-refractivity contribution in [1.82, 2.24) is 4.98 Å². The predicted octanol–water partition coefficient (Wildman–Crippen LogP) is 5.78. The smallest absolute Gasteiger partial charge is 0.123 e. The summed E-state index contributed by atoms with van der Waals surface area (Å²) in [5.41, 5.74) is 6.43. The van der Waals surface area contributed by atoms with Crippen molar-refractivity contribution in [1.29, 1.82) is 0 Å². The minimum absolute atomic E-state index is 0.281. The van der Waals surface area contributed by atoms with Crippen LogP contribution < -0.4 is 4.74 Å². The Morgan fingerprint density at radius 3 is 2.50 bits per heavy atom. The largest absolute Gasteiger partial charge is 0.493 e. The summed E-state index contributed by atoms with van der Waals surface area (Å²) >= 11 is 0. The van der Waals surface area contributed by atoms with E-state index < -0.39 is 0 Å². The van der Waals surface area contributed by atoms with Gasteiger partial charge in [0.1, 0.15) is 5.75 Å². The van der Waals surface area contributed by atoms with Crippen LogP contribution in [0, 0.1) is 6.92 Å². The number of aryl methyl sites for hydroxylation is 1. The van der Waals surface area contributed by atoms with Crippen LogP contribution in [0.2, 0.25) is 0 Å². The molecule has 26 heavy (non-hydrogen) atoms. The molecule has 0 fully saturated rings. The lowest BCUT2D eigenvalue weighted by atomic mass is 9.75. The zero-order valence-corrected chi connectivity index (χ0v) is 14.8. The van der Waals surface area contributed by atoms with Gasteiger partial charge in [-0.3, -0.25) is 0 Å². The molecule has 0 saturated carbocycles. The first kappa shape index (κ1) is 15.3. The molecule has 1 aromatic heterocycles. The summed E-state index contributed by atoms with van der Waals surface area (Å²) in [5.74, 6) is 1.58. The van der Waals surface area contributed by atoms with Gasteiger partial charge in [-0.05, 0) is 30.2 Å². The van der Waals surface area contributed by atoms with Crippen molar-refractivity contribution in [2.24, 2.45) is 0 Å². The van der Waals surface area contributed by atoms with E-state index in [0.29, 0.717) is 12.5 Å². The number of H-pyrrole nitrogens is 1. The molecule has 2 atom stereocenters. The number of ether oxygens (including phenoxy) is 1. The van der Waals surface area contributed by atoms with Crippen molar-refractivity contribution in [2.45, 2.75) is 18.8 Å². The van der Waals surface area contributed by atoms with E-state index in [-0.39, 0.29) is 5.92 Å². The third-order valence-electron chi connectivity index (χ3n) is 5.53. The fraction of sp³-hybridized carbons (Fsp3) is 0.167. The molecule has 5 rings (SSSR count). The predicted molar refractivity (Wildman–Crippen MR) is 106 cm³/mol. The second-order valence-corrected chi connectivity index (χ2v) is 7.13. The number of nitrogens with one attached hydrogen (secondary N) is 1. The lowest BCUT2D eigenvalue weighted by molar-refractivity contribution is 0.250. The Morgan fingerprint density at radius 1 is 0.846 bits per heavy atom. The monoisotopic (exact) mass is 339 g/mol. The number of aromatic nitrogens is 1. The van der Waals surface area contributed by atoms with Gasteiger partial charge in [0, 0.05) is 34.5 Å². The summed E-state index contributed by atoms with van der Waals surface area (Å²) in [6, 6.07) is 25.9. The van der Waals surface area contributed by atoms with Gasteiger partial charge >= 0.3 is 0 Å². The molecule has 1 N–H and O–H groups in total. The van der Waals surface area contributed by atoms with Crippen LogP contribution in [0.15, 0.2) is 79.0 Å². The van der Waals surface area contributed by atoms with Gasteiger partial charge in [0.2, 0.25) is 0 Å². The van der Waals surface area contributed by atoms with Crippen LogP contribution in [0.25, 0.3) is 10.9 Å². The quantitative estimate of drug-likeness (QED) is 0.492. The van der Waals surface area contributed by atoms with Crippen LogP contribution >= 0.6 is 0 Å². The maximum Gasteiger partial charge on any atom is 0.123 e. The zero-order chi connectivity index (χ0) is 17.5. The normalized spacial score (nSPS) is 19.1. The number of para-hydroxylation sites is 2. The highest BCUT2D eigenvalue weighted by Crippen LogP contribution is 2.47. The summed E-state index contributed by atoms with van der Waals surface area (Å²) in [6.07, 6.45) is 2.16. The van der Waals surface area contributed by atoms with E-state index >= 15 is 0 Å². The Bertz CT molecular complexity index is 1060. The number of aromatic amines is 1. The molecule has 2 heterocycles. The number of hydrogen-bond acceptors (Lipinski definition) is 1. The molecule has 2 heteroatoms. The molecule has 1 aliphatic rings. The van der Waals surface area contributed by atoms with Crippen LogP contribution in [-0.2, 0) is 0 Å². The number of hydrogen-bond donors (Lipinski definition) is 1. The minimum Gasteiger partial charge on any atom is -0.493 e. The van der Waals surface area contributed by atoms with Crippen LogP contribution in [0.3, 0.4) is 0 Å². The highest BCUT2D eigenvalue weighted by molar-refractivity contribution is 5.84. The van der Waals surface area contributed by atoms with Gasteiger partial charge in [-0.2, -0.15) is 0 Å². The van der Waals surface area contributed by atoms with E-state index in [1.807, 2.05) is 0 Å². The van der Waals surface area contributed by atoms with E-state index in [0.717, 1.165) is 5.75 Å². The van der Waals surface area contributed by atoms with Gasteiger partial charge in [0.25, 0.3) is 0 Å². The van der Waals surface area contributed by atoms with Crippen molar-refractivity contribution in [2.75, 3.05) is 6.61 Å². The first-order valence-corrected chi connectivity index (χ1v) is 9.15. The van der Waals surface area contributed by atoms with Gasteiger partial charge in [0.05, 0.1) is 6.61 Å². The Kier molecular flexibility index (Phi) is 3.56. The average molecular weight is 339 g/mol. The van der Waals surface area contributed by atoms with E-state index in [1.165, 1.54) is 33.2 Å². The van der Waals surface area contributed by atoms with Crippen LogP contribution in [0.1, 0.15) is 34.1 Å². The van der Waals surface area contributed by atoms with Gasteiger partial charge < -0.3 is 9.72 Å². The molecule has 1 aliphatic heterocycles. The van der Waals surface area contributed by atoms with Gasteiger partial charge in [-0.15, -0.1) is 0 Å². The molecule has 128 valence electrons. The molecular weight excluding hydrogens is 318 g/mol. The Hall–Kier alpha value is -3.00. The summed E-state index contributed by atoms with van der Waals surface area (Å²) in [6.45, 7) is 2.83.